The fraction of sp³-hybridized carbons (Fsp3) is 0.889. The molecule has 0 aliphatic carbocycles. The minimum atomic E-state index is 0.622. The Bertz CT molecular complexity index is 465. The molecule has 1 aromatic heterocycles. The summed E-state index contributed by atoms with van der Waals surface area (Å²) in [5.41, 5.74) is 0. The van der Waals surface area contributed by atoms with Crippen molar-refractivity contribution in [3.63, 3.8) is 0 Å². The van der Waals surface area contributed by atoms with Crippen molar-refractivity contribution in [1.29, 1.82) is 0 Å². The van der Waals surface area contributed by atoms with Crippen LogP contribution in [-0.4, -0.2) is 4.98 Å². The van der Waals surface area contributed by atoms with Crippen molar-refractivity contribution < 1.29 is 4.57 Å². The zero-order chi connectivity index (χ0) is 21.2. The molecule has 2 unspecified atom stereocenters. The van der Waals surface area contributed by atoms with Crippen LogP contribution in [0.15, 0.2) is 12.4 Å². The van der Waals surface area contributed by atoms with Gasteiger partial charge in [-0.05, 0) is 32.6 Å². The highest BCUT2D eigenvalue weighted by Crippen LogP contribution is 2.24. The SMILES string of the molecule is CCCCCCCCCCCCCCCC(CC)c1[nH]cc[n+]1C(C)CCCC. The van der Waals surface area contributed by atoms with E-state index in [1.807, 2.05) is 0 Å². The highest BCUT2D eigenvalue weighted by Gasteiger charge is 2.24. The zero-order valence-electron chi connectivity index (χ0n) is 20.5. The molecule has 1 aromatic rings. The fourth-order valence-electron chi connectivity index (χ4n) is 4.65. The Morgan fingerprint density at radius 1 is 0.690 bits per heavy atom. The smallest absolute Gasteiger partial charge is 0.247 e. The summed E-state index contributed by atoms with van der Waals surface area (Å²) in [5.74, 6) is 2.16. The van der Waals surface area contributed by atoms with Crippen LogP contribution < -0.4 is 4.57 Å². The van der Waals surface area contributed by atoms with Crippen LogP contribution in [0.3, 0.4) is 0 Å². The summed E-state index contributed by atoms with van der Waals surface area (Å²) in [6, 6.07) is 0.622. The number of rotatable bonds is 20. The Balaban J connectivity index is 2.11. The lowest BCUT2D eigenvalue weighted by molar-refractivity contribution is -0.727. The van der Waals surface area contributed by atoms with Gasteiger partial charge in [-0.1, -0.05) is 111 Å². The van der Waals surface area contributed by atoms with Crippen molar-refractivity contribution in [2.75, 3.05) is 0 Å². The second kappa shape index (κ2) is 18.0. The highest BCUT2D eigenvalue weighted by atomic mass is 15.1. The number of hydrogen-bond donors (Lipinski definition) is 1. The van der Waals surface area contributed by atoms with Gasteiger partial charge in [0.25, 0.3) is 5.82 Å². The van der Waals surface area contributed by atoms with Gasteiger partial charge in [-0.3, -0.25) is 0 Å². The van der Waals surface area contributed by atoms with Crippen molar-refractivity contribution in [2.45, 2.75) is 155 Å². The summed E-state index contributed by atoms with van der Waals surface area (Å²) in [4.78, 5) is 3.57. The molecule has 0 spiro atoms. The second-order valence-electron chi connectivity index (χ2n) is 9.38. The van der Waals surface area contributed by atoms with Gasteiger partial charge in [-0.25, -0.2) is 9.55 Å². The maximum Gasteiger partial charge on any atom is 0.257 e. The first kappa shape index (κ1) is 26.2. The normalized spacial score (nSPS) is 13.7. The predicted molar refractivity (Wildman–Crippen MR) is 129 cm³/mol. The number of aromatic nitrogens is 2. The molecular formula is C27H53N2+. The minimum Gasteiger partial charge on any atom is -0.247 e. The van der Waals surface area contributed by atoms with Crippen LogP contribution >= 0.6 is 0 Å². The Kier molecular flexibility index (Phi) is 16.3. The summed E-state index contributed by atoms with van der Waals surface area (Å²) in [6.07, 6.45) is 29.6. The lowest BCUT2D eigenvalue weighted by atomic mass is 9.96. The quantitative estimate of drug-likeness (QED) is 0.165. The van der Waals surface area contributed by atoms with Crippen molar-refractivity contribution in [3.8, 4) is 0 Å². The highest BCUT2D eigenvalue weighted by molar-refractivity contribution is 4.89. The number of H-pyrrole nitrogens is 1. The lowest BCUT2D eigenvalue weighted by Gasteiger charge is -2.15. The standard InChI is InChI=1S/C27H52N2/c1-5-8-10-11-12-13-14-15-16-17-18-19-20-22-26(7-3)27-28-23-24-29(27)25(4)21-9-6-2/h23-26H,5-22H2,1-4H3/p+1. The van der Waals surface area contributed by atoms with E-state index in [1.54, 1.807) is 0 Å². The molecule has 1 rings (SSSR count). The number of hydrogen-bond acceptors (Lipinski definition) is 0. The van der Waals surface area contributed by atoms with Gasteiger partial charge >= 0.3 is 0 Å². The maximum atomic E-state index is 3.57. The molecular weight excluding hydrogens is 352 g/mol. The van der Waals surface area contributed by atoms with E-state index >= 15 is 0 Å². The molecule has 2 nitrogen and oxygen atoms in total. The molecule has 1 N–H and O–H groups in total. The molecule has 0 aliphatic heterocycles. The Hall–Kier alpha value is -0.790. The van der Waals surface area contributed by atoms with Crippen LogP contribution in [0.2, 0.25) is 0 Å². The first-order chi connectivity index (χ1) is 14.2. The molecule has 2 heteroatoms. The third-order valence-electron chi connectivity index (χ3n) is 6.73. The number of imidazole rings is 1. The van der Waals surface area contributed by atoms with E-state index in [1.165, 1.54) is 121 Å². The molecule has 0 bridgehead atoms. The predicted octanol–water partition coefficient (Wildman–Crippen LogP) is 9.03. The molecule has 2 atom stereocenters. The van der Waals surface area contributed by atoms with Gasteiger partial charge in [0.2, 0.25) is 0 Å². The molecule has 0 aliphatic rings. The molecule has 0 saturated heterocycles. The average molecular weight is 406 g/mol. The minimum absolute atomic E-state index is 0.622. The number of aromatic amines is 1. The van der Waals surface area contributed by atoms with Crippen LogP contribution in [0.25, 0.3) is 0 Å². The lowest BCUT2D eigenvalue weighted by Crippen LogP contribution is -2.41. The third kappa shape index (κ3) is 11.8. The largest absolute Gasteiger partial charge is 0.257 e. The first-order valence-corrected chi connectivity index (χ1v) is 13.3. The molecule has 0 amide bonds. The summed E-state index contributed by atoms with van der Waals surface area (Å²) in [5, 5.41) is 0. The van der Waals surface area contributed by atoms with Crippen molar-refractivity contribution in [1.82, 2.24) is 4.98 Å². The third-order valence-corrected chi connectivity index (χ3v) is 6.73. The number of unbranched alkanes of at least 4 members (excludes halogenated alkanes) is 13. The molecule has 1 heterocycles. The average Bonchev–Trinajstić information content (AvgIpc) is 3.22. The molecule has 170 valence electrons. The van der Waals surface area contributed by atoms with E-state index in [0.717, 1.165) is 0 Å². The summed E-state index contributed by atoms with van der Waals surface area (Å²) < 4.78 is 2.52. The van der Waals surface area contributed by atoms with Gasteiger partial charge < -0.3 is 0 Å². The zero-order valence-corrected chi connectivity index (χ0v) is 20.5. The Labute approximate surface area is 183 Å². The van der Waals surface area contributed by atoms with Gasteiger partial charge in [0.05, 0.1) is 12.0 Å². The van der Waals surface area contributed by atoms with Gasteiger partial charge in [-0.15, -0.1) is 0 Å². The topological polar surface area (TPSA) is 19.7 Å². The molecule has 0 fully saturated rings. The summed E-state index contributed by atoms with van der Waals surface area (Å²) in [7, 11) is 0. The summed E-state index contributed by atoms with van der Waals surface area (Å²) in [6.45, 7) is 9.33. The van der Waals surface area contributed by atoms with Gasteiger partial charge in [0.15, 0.2) is 0 Å². The maximum absolute atomic E-state index is 3.57. The Morgan fingerprint density at radius 2 is 1.21 bits per heavy atom. The van der Waals surface area contributed by atoms with Gasteiger partial charge in [0, 0.05) is 0 Å². The van der Waals surface area contributed by atoms with Crippen LogP contribution in [0.4, 0.5) is 0 Å². The van der Waals surface area contributed by atoms with Crippen LogP contribution in [0, 0.1) is 0 Å². The van der Waals surface area contributed by atoms with Gasteiger partial charge in [-0.2, -0.15) is 0 Å². The van der Waals surface area contributed by atoms with E-state index < -0.39 is 0 Å². The molecule has 29 heavy (non-hydrogen) atoms. The van der Waals surface area contributed by atoms with Crippen LogP contribution in [-0.2, 0) is 0 Å². The van der Waals surface area contributed by atoms with Crippen molar-refractivity contribution in [2.24, 2.45) is 0 Å². The monoisotopic (exact) mass is 405 g/mol. The first-order valence-electron chi connectivity index (χ1n) is 13.3. The van der Waals surface area contributed by atoms with Crippen molar-refractivity contribution >= 4 is 0 Å². The van der Waals surface area contributed by atoms with E-state index in [-0.39, 0.29) is 0 Å². The van der Waals surface area contributed by atoms with Crippen molar-refractivity contribution in [3.05, 3.63) is 18.2 Å². The number of nitrogens with zero attached hydrogens (tertiary/aromatic N) is 1. The van der Waals surface area contributed by atoms with Gasteiger partial charge in [0.1, 0.15) is 12.4 Å². The van der Waals surface area contributed by atoms with E-state index in [9.17, 15) is 0 Å². The fourth-order valence-corrected chi connectivity index (χ4v) is 4.65. The molecule has 0 radical (unpaired) electrons. The van der Waals surface area contributed by atoms with Crippen LogP contribution in [0.1, 0.15) is 161 Å². The van der Waals surface area contributed by atoms with E-state index in [2.05, 4.69) is 49.6 Å². The second-order valence-corrected chi connectivity index (χ2v) is 9.38. The number of nitrogens with one attached hydrogen (secondary N) is 1. The molecule has 0 aromatic carbocycles. The van der Waals surface area contributed by atoms with E-state index in [4.69, 9.17) is 0 Å². The Morgan fingerprint density at radius 3 is 1.72 bits per heavy atom. The summed E-state index contributed by atoms with van der Waals surface area (Å²) >= 11 is 0. The molecule has 0 saturated carbocycles. The van der Waals surface area contributed by atoms with E-state index in [0.29, 0.717) is 12.0 Å². The van der Waals surface area contributed by atoms with Crippen LogP contribution in [0.5, 0.6) is 0 Å².